The lowest BCUT2D eigenvalue weighted by Crippen LogP contribution is -2.39. The van der Waals surface area contributed by atoms with Gasteiger partial charge in [0.2, 0.25) is 0 Å². The van der Waals surface area contributed by atoms with Crippen molar-refractivity contribution in [3.05, 3.63) is 59.2 Å². The third-order valence-electron chi connectivity index (χ3n) is 4.43. The maximum Gasteiger partial charge on any atom is 0.354 e. The molecule has 0 fully saturated rings. The lowest BCUT2D eigenvalue weighted by atomic mass is 10.1. The second-order valence-electron chi connectivity index (χ2n) is 6.84. The van der Waals surface area contributed by atoms with E-state index in [0.29, 0.717) is 11.1 Å². The molecule has 4 N–H and O–H groups in total. The smallest absolute Gasteiger partial charge is 0.354 e. The molecular weight excluding hydrogens is 424 g/mol. The van der Waals surface area contributed by atoms with E-state index >= 15 is 0 Å². The summed E-state index contributed by atoms with van der Waals surface area (Å²) in [4.78, 5) is 55.8. The van der Waals surface area contributed by atoms with Crippen LogP contribution in [0.15, 0.2) is 36.7 Å². The number of nitrogens with zero attached hydrogens (tertiary/aromatic N) is 4. The molecule has 0 spiro atoms. The fraction of sp³-hybridized carbons (Fsp3) is 0.300. The predicted octanol–water partition coefficient (Wildman–Crippen LogP) is 0.346. The number of carbonyl (C=O) groups is 4. The van der Waals surface area contributed by atoms with Crippen molar-refractivity contribution in [3.63, 3.8) is 0 Å². The quantitative estimate of drug-likeness (QED) is 0.332. The lowest BCUT2D eigenvalue weighted by molar-refractivity contribution is -0.140. The van der Waals surface area contributed by atoms with Crippen LogP contribution >= 0.6 is 0 Å². The molecule has 0 atom stereocenters. The van der Waals surface area contributed by atoms with E-state index < -0.39 is 37.0 Å². The fourth-order valence-corrected chi connectivity index (χ4v) is 3.09. The number of hydrogen-bond donors (Lipinski definition) is 4. The van der Waals surface area contributed by atoms with E-state index in [9.17, 15) is 39.6 Å². The molecule has 12 heteroatoms. The molecule has 0 aliphatic heterocycles. The minimum Gasteiger partial charge on any atom is -0.480 e. The van der Waals surface area contributed by atoms with Gasteiger partial charge in [-0.05, 0) is 23.3 Å². The van der Waals surface area contributed by atoms with Crippen LogP contribution in [0.25, 0.3) is 0 Å². The first kappa shape index (κ1) is 24.4. The summed E-state index contributed by atoms with van der Waals surface area (Å²) in [5, 5.41) is 37.0. The van der Waals surface area contributed by atoms with Crippen molar-refractivity contribution < 1.29 is 39.6 Å². The van der Waals surface area contributed by atoms with E-state index in [-0.39, 0.29) is 37.6 Å². The van der Waals surface area contributed by atoms with Gasteiger partial charge >= 0.3 is 23.9 Å². The highest BCUT2D eigenvalue weighted by Crippen LogP contribution is 2.12. The highest BCUT2D eigenvalue weighted by molar-refractivity contribution is 5.87. The van der Waals surface area contributed by atoms with Crippen LogP contribution in [0.2, 0.25) is 0 Å². The minimum atomic E-state index is -1.25. The van der Waals surface area contributed by atoms with Crippen LogP contribution in [-0.4, -0.2) is 90.3 Å². The maximum atomic E-state index is 11.4. The van der Waals surface area contributed by atoms with Crippen LogP contribution in [-0.2, 0) is 22.7 Å². The number of carboxylic acids is 4. The van der Waals surface area contributed by atoms with Crippen molar-refractivity contribution in [1.82, 2.24) is 19.8 Å². The number of carboxylic acid groups (broad SMARTS) is 4. The van der Waals surface area contributed by atoms with Crippen LogP contribution in [0.3, 0.4) is 0 Å². The Morgan fingerprint density at radius 2 is 1.06 bits per heavy atom. The van der Waals surface area contributed by atoms with Crippen LogP contribution in [0.4, 0.5) is 0 Å². The molecule has 0 saturated heterocycles. The molecule has 0 aliphatic rings. The van der Waals surface area contributed by atoms with Gasteiger partial charge in [-0.15, -0.1) is 0 Å². The summed E-state index contributed by atoms with van der Waals surface area (Å²) in [7, 11) is 0. The molecule has 0 amide bonds. The molecule has 2 aromatic rings. The van der Waals surface area contributed by atoms with Crippen LogP contribution in [0.5, 0.6) is 0 Å². The largest absolute Gasteiger partial charge is 0.480 e. The summed E-state index contributed by atoms with van der Waals surface area (Å²) >= 11 is 0. The van der Waals surface area contributed by atoms with Crippen LogP contribution < -0.4 is 0 Å². The number of aromatic carboxylic acids is 2. The monoisotopic (exact) mass is 446 g/mol. The van der Waals surface area contributed by atoms with E-state index in [0.717, 1.165) is 0 Å². The van der Waals surface area contributed by atoms with Gasteiger partial charge in [-0.1, -0.05) is 12.1 Å². The fourth-order valence-electron chi connectivity index (χ4n) is 3.09. The molecule has 32 heavy (non-hydrogen) atoms. The Morgan fingerprint density at radius 3 is 1.38 bits per heavy atom. The van der Waals surface area contributed by atoms with Crippen molar-refractivity contribution in [2.45, 2.75) is 13.1 Å². The molecule has 2 aromatic heterocycles. The molecule has 0 radical (unpaired) electrons. The third kappa shape index (κ3) is 7.41. The zero-order valence-corrected chi connectivity index (χ0v) is 16.9. The van der Waals surface area contributed by atoms with Gasteiger partial charge < -0.3 is 20.4 Å². The number of pyridine rings is 2. The molecule has 0 unspecified atom stereocenters. The van der Waals surface area contributed by atoms with E-state index in [2.05, 4.69) is 9.97 Å². The van der Waals surface area contributed by atoms with E-state index in [4.69, 9.17) is 0 Å². The summed E-state index contributed by atoms with van der Waals surface area (Å²) in [5.74, 6) is -4.78. The maximum absolute atomic E-state index is 11.4. The van der Waals surface area contributed by atoms with Crippen molar-refractivity contribution in [2.75, 3.05) is 26.2 Å². The van der Waals surface area contributed by atoms with E-state index in [1.807, 2.05) is 0 Å². The van der Waals surface area contributed by atoms with Crippen molar-refractivity contribution in [1.29, 1.82) is 0 Å². The Balaban J connectivity index is 2.18. The van der Waals surface area contributed by atoms with Gasteiger partial charge in [0.25, 0.3) is 0 Å². The van der Waals surface area contributed by atoms with Crippen LogP contribution in [0, 0.1) is 0 Å². The predicted molar refractivity (Wildman–Crippen MR) is 108 cm³/mol. The number of aromatic nitrogens is 2. The molecule has 0 aliphatic carbocycles. The first-order chi connectivity index (χ1) is 15.2. The standard InChI is InChI=1S/C20H22N4O8/c25-15(26)11-23(9-13-3-1-5-21-17(13)19(29)30)7-8-24(12-16(27)28)10-14-4-2-6-22-18(14)20(31)32/h1-6H,7-12H2,(H,25,26)(H,27,28)(H,29,30)(H,31,32). The average Bonchev–Trinajstić information content (AvgIpc) is 2.71. The molecule has 2 heterocycles. The zero-order chi connectivity index (χ0) is 23.7. The molecule has 0 saturated carbocycles. The Morgan fingerprint density at radius 1 is 0.688 bits per heavy atom. The summed E-state index contributed by atoms with van der Waals surface area (Å²) in [6.45, 7) is -0.734. The van der Waals surface area contributed by atoms with Gasteiger partial charge in [0.1, 0.15) is 0 Å². The number of rotatable bonds is 13. The average molecular weight is 446 g/mol. The van der Waals surface area contributed by atoms with Gasteiger partial charge in [-0.2, -0.15) is 0 Å². The van der Waals surface area contributed by atoms with Gasteiger partial charge in [0.05, 0.1) is 13.1 Å². The Kier molecular flexibility index (Phi) is 8.74. The minimum absolute atomic E-state index is 0.0318. The van der Waals surface area contributed by atoms with Crippen molar-refractivity contribution >= 4 is 23.9 Å². The number of aliphatic carboxylic acids is 2. The van der Waals surface area contributed by atoms with Gasteiger partial charge in [-0.25, -0.2) is 19.6 Å². The SMILES string of the molecule is O=C(O)CN(CCN(CC(=O)O)Cc1cccnc1C(=O)O)Cc1cccnc1C(=O)O. The Bertz CT molecular complexity index is 918. The molecule has 170 valence electrons. The van der Waals surface area contributed by atoms with Crippen molar-refractivity contribution in [3.8, 4) is 0 Å². The first-order valence-electron chi connectivity index (χ1n) is 9.40. The normalized spacial score (nSPS) is 10.9. The second-order valence-corrected chi connectivity index (χ2v) is 6.84. The molecular formula is C20H22N4O8. The third-order valence-corrected chi connectivity index (χ3v) is 4.43. The van der Waals surface area contributed by atoms with Gasteiger partial charge in [-0.3, -0.25) is 19.4 Å². The summed E-state index contributed by atoms with van der Waals surface area (Å²) < 4.78 is 0. The highest BCUT2D eigenvalue weighted by atomic mass is 16.4. The van der Waals surface area contributed by atoms with Crippen LogP contribution in [0.1, 0.15) is 32.1 Å². The van der Waals surface area contributed by atoms with Gasteiger partial charge in [0.15, 0.2) is 11.4 Å². The summed E-state index contributed by atoms with van der Waals surface area (Å²) in [6.07, 6.45) is 2.63. The lowest BCUT2D eigenvalue weighted by Gasteiger charge is -2.26. The Hall–Kier alpha value is -3.90. The topological polar surface area (TPSA) is 181 Å². The van der Waals surface area contributed by atoms with Gasteiger partial charge in [0, 0.05) is 38.6 Å². The summed E-state index contributed by atoms with van der Waals surface area (Å²) in [5.41, 5.74) is 0.219. The highest BCUT2D eigenvalue weighted by Gasteiger charge is 2.20. The molecule has 2 rings (SSSR count). The second kappa shape index (κ2) is 11.5. The van der Waals surface area contributed by atoms with E-state index in [1.54, 1.807) is 0 Å². The summed E-state index contributed by atoms with van der Waals surface area (Å²) in [6, 6.07) is 6.12. The molecule has 0 bridgehead atoms. The van der Waals surface area contributed by atoms with E-state index in [1.165, 1.54) is 46.5 Å². The molecule has 0 aromatic carbocycles. The zero-order valence-electron chi connectivity index (χ0n) is 16.9. The Labute approximate surface area is 182 Å². The van der Waals surface area contributed by atoms with Crippen molar-refractivity contribution in [2.24, 2.45) is 0 Å². The molecule has 12 nitrogen and oxygen atoms in total. The number of hydrogen-bond acceptors (Lipinski definition) is 8. The first-order valence-corrected chi connectivity index (χ1v) is 9.40.